The molecule has 0 aliphatic rings. The average Bonchev–Trinajstić information content (AvgIpc) is 2.57. The van der Waals surface area contributed by atoms with Gasteiger partial charge < -0.3 is 10.6 Å². The summed E-state index contributed by atoms with van der Waals surface area (Å²) < 4.78 is 13.1. The molecule has 0 aromatic heterocycles. The number of amides is 2. The fourth-order valence-corrected chi connectivity index (χ4v) is 2.11. The Balaban J connectivity index is 2.04. The van der Waals surface area contributed by atoms with Gasteiger partial charge in [-0.25, -0.2) is 4.39 Å². The molecule has 0 fully saturated rings. The molecule has 0 spiro atoms. The Kier molecular flexibility index (Phi) is 5.43. The molecule has 7 nitrogen and oxygen atoms in total. The van der Waals surface area contributed by atoms with E-state index in [0.717, 1.165) is 6.07 Å². The Hall–Kier alpha value is -3.29. The lowest BCUT2D eigenvalue weighted by atomic mass is 10.1. The maximum absolute atomic E-state index is 13.1. The van der Waals surface area contributed by atoms with Gasteiger partial charge >= 0.3 is 0 Å². The number of anilines is 1. The van der Waals surface area contributed by atoms with Crippen molar-refractivity contribution in [1.82, 2.24) is 5.32 Å². The van der Waals surface area contributed by atoms with Crippen molar-refractivity contribution in [2.24, 2.45) is 0 Å². The molecule has 25 heavy (non-hydrogen) atoms. The monoisotopic (exact) mass is 345 g/mol. The molecule has 0 unspecified atom stereocenters. The minimum Gasteiger partial charge on any atom is -0.341 e. The number of rotatable bonds is 5. The fraction of sp³-hybridized carbons (Fsp3) is 0.176. The summed E-state index contributed by atoms with van der Waals surface area (Å²) >= 11 is 0. The summed E-state index contributed by atoms with van der Waals surface area (Å²) in [6.07, 6.45) is 0. The number of nitro benzene ring substituents is 1. The smallest absolute Gasteiger partial charge is 0.270 e. The summed E-state index contributed by atoms with van der Waals surface area (Å²) in [4.78, 5) is 34.4. The number of aryl methyl sites for hydroxylation is 1. The van der Waals surface area contributed by atoms with Crippen LogP contribution in [-0.2, 0) is 4.79 Å². The van der Waals surface area contributed by atoms with Crippen molar-refractivity contribution < 1.29 is 18.9 Å². The van der Waals surface area contributed by atoms with Crippen molar-refractivity contribution in [3.8, 4) is 0 Å². The molecular weight excluding hydrogens is 329 g/mol. The number of nitrogens with zero attached hydrogens (tertiary/aromatic N) is 1. The third-order valence-electron chi connectivity index (χ3n) is 3.51. The first-order chi connectivity index (χ1) is 11.8. The summed E-state index contributed by atoms with van der Waals surface area (Å²) in [7, 11) is 0. The zero-order valence-corrected chi connectivity index (χ0v) is 13.6. The first-order valence-corrected chi connectivity index (χ1v) is 7.40. The lowest BCUT2D eigenvalue weighted by Crippen LogP contribution is -2.41. The molecule has 1 atom stereocenters. The van der Waals surface area contributed by atoms with Crippen molar-refractivity contribution in [3.63, 3.8) is 0 Å². The van der Waals surface area contributed by atoms with Crippen molar-refractivity contribution in [2.45, 2.75) is 19.9 Å². The van der Waals surface area contributed by atoms with Gasteiger partial charge in [0.05, 0.1) is 4.92 Å². The molecule has 8 heteroatoms. The predicted octanol–water partition coefficient (Wildman–Crippen LogP) is 2.80. The Morgan fingerprint density at radius 3 is 2.56 bits per heavy atom. The van der Waals surface area contributed by atoms with Crippen molar-refractivity contribution in [3.05, 3.63) is 69.5 Å². The van der Waals surface area contributed by atoms with Gasteiger partial charge in [0.25, 0.3) is 11.6 Å². The first-order valence-electron chi connectivity index (χ1n) is 7.40. The average molecular weight is 345 g/mol. The second-order valence-corrected chi connectivity index (χ2v) is 5.45. The van der Waals surface area contributed by atoms with Gasteiger partial charge in [0.1, 0.15) is 11.9 Å². The third-order valence-corrected chi connectivity index (χ3v) is 3.51. The highest BCUT2D eigenvalue weighted by Gasteiger charge is 2.19. The summed E-state index contributed by atoms with van der Waals surface area (Å²) in [6, 6.07) is 8.23. The highest BCUT2D eigenvalue weighted by molar-refractivity contribution is 6.01. The number of halogens is 1. The van der Waals surface area contributed by atoms with Crippen LogP contribution in [0.5, 0.6) is 0 Å². The second-order valence-electron chi connectivity index (χ2n) is 5.45. The number of nitrogens with one attached hydrogen (secondary N) is 2. The summed E-state index contributed by atoms with van der Waals surface area (Å²) in [5, 5.41) is 15.8. The van der Waals surface area contributed by atoms with Crippen LogP contribution in [0, 0.1) is 22.9 Å². The molecule has 0 heterocycles. The third kappa shape index (κ3) is 4.60. The van der Waals surface area contributed by atoms with Gasteiger partial charge in [-0.3, -0.25) is 19.7 Å². The van der Waals surface area contributed by atoms with E-state index in [4.69, 9.17) is 0 Å². The van der Waals surface area contributed by atoms with Crippen LogP contribution in [0.4, 0.5) is 15.8 Å². The highest BCUT2D eigenvalue weighted by Crippen LogP contribution is 2.16. The largest absolute Gasteiger partial charge is 0.341 e. The van der Waals surface area contributed by atoms with Crippen LogP contribution in [0.25, 0.3) is 0 Å². The van der Waals surface area contributed by atoms with Crippen LogP contribution in [0.15, 0.2) is 42.5 Å². The lowest BCUT2D eigenvalue weighted by Gasteiger charge is -2.15. The maximum atomic E-state index is 13.1. The molecule has 0 saturated carbocycles. The molecule has 130 valence electrons. The van der Waals surface area contributed by atoms with Crippen molar-refractivity contribution >= 4 is 23.2 Å². The van der Waals surface area contributed by atoms with Crippen LogP contribution in [0.2, 0.25) is 0 Å². The number of nitro groups is 1. The van der Waals surface area contributed by atoms with E-state index in [2.05, 4.69) is 10.6 Å². The van der Waals surface area contributed by atoms with E-state index in [0.29, 0.717) is 11.3 Å². The molecule has 0 radical (unpaired) electrons. The molecule has 2 rings (SSSR count). The summed E-state index contributed by atoms with van der Waals surface area (Å²) in [5.41, 5.74) is 0.840. The molecule has 2 N–H and O–H groups in total. The number of carbonyl (C=O) groups is 2. The van der Waals surface area contributed by atoms with E-state index in [1.165, 1.54) is 43.3 Å². The molecule has 0 aliphatic carbocycles. The minimum absolute atomic E-state index is 0.0758. The van der Waals surface area contributed by atoms with Gasteiger partial charge in [-0.15, -0.1) is 0 Å². The van der Waals surface area contributed by atoms with E-state index in [-0.39, 0.29) is 11.3 Å². The summed E-state index contributed by atoms with van der Waals surface area (Å²) in [6.45, 7) is 3.12. The van der Waals surface area contributed by atoms with Gasteiger partial charge in [0, 0.05) is 23.4 Å². The topological polar surface area (TPSA) is 101 Å². The molecule has 0 saturated heterocycles. The number of non-ortho nitro benzene ring substituents is 1. The van der Waals surface area contributed by atoms with E-state index in [1.807, 2.05) is 0 Å². The maximum Gasteiger partial charge on any atom is 0.270 e. The fourth-order valence-electron chi connectivity index (χ4n) is 2.11. The molecule has 0 aliphatic heterocycles. The Bertz CT molecular complexity index is 838. The molecular formula is C17H16FN3O4. The van der Waals surface area contributed by atoms with E-state index in [1.54, 1.807) is 6.92 Å². The Morgan fingerprint density at radius 2 is 1.92 bits per heavy atom. The minimum atomic E-state index is -0.892. The van der Waals surface area contributed by atoms with E-state index < -0.39 is 28.6 Å². The zero-order chi connectivity index (χ0) is 18.6. The van der Waals surface area contributed by atoms with Crippen molar-refractivity contribution in [2.75, 3.05) is 5.32 Å². The van der Waals surface area contributed by atoms with Crippen LogP contribution < -0.4 is 10.6 Å². The molecule has 2 aromatic carbocycles. The van der Waals surface area contributed by atoms with Crippen LogP contribution in [-0.4, -0.2) is 22.8 Å². The lowest BCUT2D eigenvalue weighted by molar-refractivity contribution is -0.384. The SMILES string of the molecule is Cc1cc(F)ccc1NC(=O)[C@H](C)NC(=O)c1cccc([N+](=O)[O-])c1. The number of hydrogen-bond donors (Lipinski definition) is 2. The van der Waals surface area contributed by atoms with Gasteiger partial charge in [0.15, 0.2) is 0 Å². The molecule has 2 aromatic rings. The standard InChI is InChI=1S/C17H16FN3O4/c1-10-8-13(18)6-7-15(10)20-16(22)11(2)19-17(23)12-4-3-5-14(9-12)21(24)25/h3-9,11H,1-2H3,(H,19,23)(H,20,22)/t11-/m0/s1. The molecule has 2 amide bonds. The number of benzene rings is 2. The van der Waals surface area contributed by atoms with Gasteiger partial charge in [0.2, 0.25) is 5.91 Å². The van der Waals surface area contributed by atoms with Crippen molar-refractivity contribution in [1.29, 1.82) is 0 Å². The quantitative estimate of drug-likeness (QED) is 0.642. The van der Waals surface area contributed by atoms with Gasteiger partial charge in [-0.1, -0.05) is 6.07 Å². The molecule has 0 bridgehead atoms. The summed E-state index contributed by atoms with van der Waals surface area (Å²) in [5.74, 6) is -1.52. The predicted molar refractivity (Wildman–Crippen MR) is 89.8 cm³/mol. The highest BCUT2D eigenvalue weighted by atomic mass is 19.1. The van der Waals surface area contributed by atoms with E-state index in [9.17, 15) is 24.1 Å². The normalized spacial score (nSPS) is 11.5. The van der Waals surface area contributed by atoms with Crippen LogP contribution in [0.3, 0.4) is 0 Å². The van der Waals surface area contributed by atoms with Gasteiger partial charge in [-0.05, 0) is 43.7 Å². The first kappa shape index (κ1) is 18.1. The van der Waals surface area contributed by atoms with Gasteiger partial charge in [-0.2, -0.15) is 0 Å². The van der Waals surface area contributed by atoms with Crippen LogP contribution in [0.1, 0.15) is 22.8 Å². The zero-order valence-electron chi connectivity index (χ0n) is 13.6. The Morgan fingerprint density at radius 1 is 1.20 bits per heavy atom. The van der Waals surface area contributed by atoms with Crippen LogP contribution >= 0.6 is 0 Å². The number of hydrogen-bond acceptors (Lipinski definition) is 4. The Labute approximate surface area is 143 Å². The van der Waals surface area contributed by atoms with E-state index >= 15 is 0 Å². The number of carbonyl (C=O) groups excluding carboxylic acids is 2. The second kappa shape index (κ2) is 7.52.